The number of para-hydroxylation sites is 1. The van der Waals surface area contributed by atoms with Gasteiger partial charge < -0.3 is 19.5 Å². The van der Waals surface area contributed by atoms with Crippen LogP contribution in [0.1, 0.15) is 103 Å². The van der Waals surface area contributed by atoms with Crippen LogP contribution in [0.4, 0.5) is 10.9 Å². The fourth-order valence-corrected chi connectivity index (χ4v) is 9.23. The monoisotopic (exact) mass is 817 g/mol. The number of hydrogen-bond acceptors (Lipinski definition) is 10. The van der Waals surface area contributed by atoms with E-state index in [-0.39, 0.29) is 23.7 Å². The van der Waals surface area contributed by atoms with Crippen molar-refractivity contribution < 1.29 is 29.0 Å². The second-order valence-electron chi connectivity index (χ2n) is 16.8. The molecule has 0 radical (unpaired) electrons. The molecule has 3 aromatic carbocycles. The maximum Gasteiger partial charge on any atom is 0.355 e. The van der Waals surface area contributed by atoms with Crippen LogP contribution in [0.2, 0.25) is 0 Å². The fourth-order valence-electron chi connectivity index (χ4n) is 8.37. The average molecular weight is 818 g/mol. The number of thiazole rings is 1. The molecule has 2 aromatic heterocycles. The molecule has 2 aliphatic rings. The van der Waals surface area contributed by atoms with Crippen molar-refractivity contribution in [3.63, 3.8) is 0 Å². The van der Waals surface area contributed by atoms with Gasteiger partial charge in [-0.1, -0.05) is 68.5 Å². The third-order valence-electron chi connectivity index (χ3n) is 11.6. The number of esters is 1. The van der Waals surface area contributed by atoms with Crippen molar-refractivity contribution >= 4 is 50.3 Å². The number of likely N-dealkylation sites (tertiary alicyclic amines) is 1. The zero-order valence-electron chi connectivity index (χ0n) is 35.0. The lowest BCUT2D eigenvalue weighted by atomic mass is 9.80. The summed E-state index contributed by atoms with van der Waals surface area (Å²) in [6, 6.07) is 21.5. The van der Waals surface area contributed by atoms with Crippen LogP contribution >= 0.6 is 11.3 Å². The summed E-state index contributed by atoms with van der Waals surface area (Å²) in [5, 5.41) is 14.4. The second kappa shape index (κ2) is 17.9. The first kappa shape index (κ1) is 41.8. The Morgan fingerprint density at radius 3 is 2.49 bits per heavy atom. The van der Waals surface area contributed by atoms with E-state index in [1.807, 2.05) is 74.5 Å². The van der Waals surface area contributed by atoms with E-state index in [1.54, 1.807) is 0 Å². The molecular formula is C47H55N5O6S. The third-order valence-corrected chi connectivity index (χ3v) is 12.6. The highest BCUT2D eigenvalue weighted by Crippen LogP contribution is 2.42. The maximum atomic E-state index is 13.7. The Morgan fingerprint density at radius 1 is 1.00 bits per heavy atom. The van der Waals surface area contributed by atoms with E-state index in [0.29, 0.717) is 60.7 Å². The van der Waals surface area contributed by atoms with Gasteiger partial charge >= 0.3 is 11.9 Å². The molecule has 1 saturated heterocycles. The van der Waals surface area contributed by atoms with Gasteiger partial charge in [0.05, 0.1) is 29.5 Å². The molecule has 7 rings (SSSR count). The van der Waals surface area contributed by atoms with Gasteiger partial charge in [0.1, 0.15) is 11.6 Å². The SMILES string of the molecule is CCOC(=O)CN1CCC(CC[C@H](C)Oc2cccc(-c3c(C(C)(C)C)cc(N4CCc5cccc(C(=O)Nc6nc7ccccc7s6)c5C4)nc3C(=O)O)c2C)CC1. The molecule has 5 aromatic rings. The third kappa shape index (κ3) is 9.60. The van der Waals surface area contributed by atoms with Crippen LogP contribution in [0.25, 0.3) is 21.3 Å². The molecule has 4 heterocycles. The lowest BCUT2D eigenvalue weighted by Gasteiger charge is -2.33. The number of benzene rings is 3. The number of carbonyl (C=O) groups excluding carboxylic acids is 2. The van der Waals surface area contributed by atoms with E-state index >= 15 is 0 Å². The Kier molecular flexibility index (Phi) is 12.7. The van der Waals surface area contributed by atoms with Crippen molar-refractivity contribution in [2.24, 2.45) is 5.92 Å². The van der Waals surface area contributed by atoms with Crippen LogP contribution < -0.4 is 15.0 Å². The summed E-state index contributed by atoms with van der Waals surface area (Å²) in [6.45, 7) is 15.8. The summed E-state index contributed by atoms with van der Waals surface area (Å²) in [4.78, 5) is 52.6. The van der Waals surface area contributed by atoms with E-state index in [4.69, 9.17) is 14.5 Å². The van der Waals surface area contributed by atoms with Gasteiger partial charge in [-0.15, -0.1) is 0 Å². The number of anilines is 2. The van der Waals surface area contributed by atoms with Crippen LogP contribution in [0.15, 0.2) is 66.7 Å². The molecule has 0 unspecified atom stereocenters. The van der Waals surface area contributed by atoms with Gasteiger partial charge in [-0.3, -0.25) is 19.8 Å². The van der Waals surface area contributed by atoms with E-state index in [2.05, 4.69) is 53.9 Å². The molecule has 1 amide bonds. The Labute approximate surface area is 350 Å². The van der Waals surface area contributed by atoms with Crippen molar-refractivity contribution in [1.29, 1.82) is 0 Å². The van der Waals surface area contributed by atoms with E-state index < -0.39 is 11.4 Å². The van der Waals surface area contributed by atoms with Gasteiger partial charge in [-0.05, 0) is 135 Å². The standard InChI is InChI=1S/C47H55N5O6S/c1-7-57-41(53)28-51-23-20-31(21-24-51)19-18-29(2)58-38-16-11-13-33(30(38)3)42-36(47(4,5)6)26-40(49-43(42)45(55)56)52-25-22-32-12-10-14-34(35(32)27-52)44(54)50-46-48-37-15-8-9-17-39(37)59-46/h8-17,26,29,31H,7,18-25,27-28H2,1-6H3,(H,55,56)(H,48,50,54)/t29-/m0/s1. The second-order valence-corrected chi connectivity index (χ2v) is 17.9. The number of amides is 1. The maximum absolute atomic E-state index is 13.7. The molecule has 59 heavy (non-hydrogen) atoms. The number of carboxylic acids is 1. The highest BCUT2D eigenvalue weighted by atomic mass is 32.1. The van der Waals surface area contributed by atoms with Crippen LogP contribution in [0, 0.1) is 12.8 Å². The van der Waals surface area contributed by atoms with E-state index in [9.17, 15) is 19.5 Å². The number of pyridine rings is 1. The lowest BCUT2D eigenvalue weighted by molar-refractivity contribution is -0.144. The molecule has 12 heteroatoms. The van der Waals surface area contributed by atoms with Crippen LogP contribution in [-0.2, 0) is 27.9 Å². The Hall–Kier alpha value is -5.33. The topological polar surface area (TPSA) is 134 Å². The Balaban J connectivity index is 1.10. The summed E-state index contributed by atoms with van der Waals surface area (Å²) in [5.41, 5.74) is 6.04. The van der Waals surface area contributed by atoms with E-state index in [0.717, 1.165) is 82.6 Å². The number of carboxylic acid groups (broad SMARTS) is 1. The van der Waals surface area contributed by atoms with Gasteiger partial charge in [0.25, 0.3) is 5.91 Å². The number of fused-ring (bicyclic) bond motifs is 2. The molecular weight excluding hydrogens is 763 g/mol. The molecule has 0 spiro atoms. The first-order chi connectivity index (χ1) is 28.3. The van der Waals surface area contributed by atoms with Crippen LogP contribution in [0.3, 0.4) is 0 Å². The summed E-state index contributed by atoms with van der Waals surface area (Å²) in [5.74, 6) is 0.373. The normalized spacial score (nSPS) is 15.5. The predicted octanol–water partition coefficient (Wildman–Crippen LogP) is 9.30. The predicted molar refractivity (Wildman–Crippen MR) is 234 cm³/mol. The molecule has 0 bridgehead atoms. The van der Waals surface area contributed by atoms with Gasteiger partial charge in [0.2, 0.25) is 0 Å². The highest BCUT2D eigenvalue weighted by Gasteiger charge is 2.31. The number of rotatable bonds is 13. The number of piperidine rings is 1. The Morgan fingerprint density at radius 2 is 1.76 bits per heavy atom. The molecule has 2 N–H and O–H groups in total. The Bertz CT molecular complexity index is 2310. The smallest absolute Gasteiger partial charge is 0.355 e. The molecule has 11 nitrogen and oxygen atoms in total. The highest BCUT2D eigenvalue weighted by molar-refractivity contribution is 7.22. The zero-order chi connectivity index (χ0) is 41.8. The van der Waals surface area contributed by atoms with Crippen molar-refractivity contribution in [3.05, 3.63) is 100 Å². The fraction of sp³-hybridized carbons (Fsp3) is 0.426. The molecule has 1 atom stereocenters. The number of nitrogens with zero attached hydrogens (tertiary/aromatic N) is 4. The molecule has 0 saturated carbocycles. The minimum absolute atomic E-state index is 0.0114. The number of nitrogens with one attached hydrogen (secondary N) is 1. The van der Waals surface area contributed by atoms with Crippen molar-refractivity contribution in [2.75, 3.05) is 43.0 Å². The van der Waals surface area contributed by atoms with Gasteiger partial charge in [0.15, 0.2) is 10.8 Å². The minimum atomic E-state index is -1.10. The lowest BCUT2D eigenvalue weighted by Crippen LogP contribution is -2.38. The van der Waals surface area contributed by atoms with Crippen molar-refractivity contribution in [1.82, 2.24) is 14.9 Å². The number of ether oxygens (including phenoxy) is 2. The van der Waals surface area contributed by atoms with Gasteiger partial charge in [-0.25, -0.2) is 14.8 Å². The summed E-state index contributed by atoms with van der Waals surface area (Å²) >= 11 is 1.44. The van der Waals surface area contributed by atoms with Crippen molar-refractivity contribution in [2.45, 2.75) is 91.7 Å². The number of hydrogen-bond donors (Lipinski definition) is 2. The van der Waals surface area contributed by atoms with Gasteiger partial charge in [-0.2, -0.15) is 0 Å². The zero-order valence-corrected chi connectivity index (χ0v) is 35.8. The summed E-state index contributed by atoms with van der Waals surface area (Å²) in [7, 11) is 0. The largest absolute Gasteiger partial charge is 0.490 e. The summed E-state index contributed by atoms with van der Waals surface area (Å²) < 4.78 is 12.7. The summed E-state index contributed by atoms with van der Waals surface area (Å²) in [6.07, 6.45) is 4.65. The van der Waals surface area contributed by atoms with Gasteiger partial charge in [0, 0.05) is 24.2 Å². The van der Waals surface area contributed by atoms with Crippen LogP contribution in [-0.4, -0.2) is 76.7 Å². The number of aromatic nitrogens is 2. The first-order valence-electron chi connectivity index (χ1n) is 20.7. The quantitative estimate of drug-likeness (QED) is 0.111. The number of carbonyl (C=O) groups is 3. The minimum Gasteiger partial charge on any atom is -0.490 e. The first-order valence-corrected chi connectivity index (χ1v) is 21.6. The molecule has 0 aliphatic carbocycles. The van der Waals surface area contributed by atoms with Crippen molar-refractivity contribution in [3.8, 4) is 16.9 Å². The number of aromatic carboxylic acids is 1. The van der Waals surface area contributed by atoms with E-state index in [1.165, 1.54) is 11.3 Å². The molecule has 1 fully saturated rings. The molecule has 310 valence electrons. The van der Waals surface area contributed by atoms with Crippen LogP contribution in [0.5, 0.6) is 5.75 Å². The molecule has 2 aliphatic heterocycles. The average Bonchev–Trinajstić information content (AvgIpc) is 3.62.